The fourth-order valence-electron chi connectivity index (χ4n) is 1.99. The van der Waals surface area contributed by atoms with E-state index < -0.39 is 17.8 Å². The number of imide groups is 1. The fraction of sp³-hybridized carbons (Fsp3) is 0. The van der Waals surface area contributed by atoms with E-state index in [1.165, 1.54) is 12.1 Å². The molecule has 23 heavy (non-hydrogen) atoms. The zero-order valence-electron chi connectivity index (χ0n) is 11.6. The minimum Gasteiger partial charge on any atom is -0.307 e. The number of pyridine rings is 1. The maximum atomic E-state index is 13.6. The molecule has 0 aliphatic carbocycles. The van der Waals surface area contributed by atoms with Gasteiger partial charge in [0.15, 0.2) is 0 Å². The van der Waals surface area contributed by atoms with Gasteiger partial charge >= 0.3 is 6.03 Å². The molecule has 0 atom stereocenters. The zero-order valence-corrected chi connectivity index (χ0v) is 12.3. The van der Waals surface area contributed by atoms with Crippen LogP contribution in [-0.2, 0) is 0 Å². The molecule has 0 saturated carbocycles. The van der Waals surface area contributed by atoms with Crippen LogP contribution in [0.3, 0.4) is 0 Å². The molecule has 0 fully saturated rings. The lowest BCUT2D eigenvalue weighted by Crippen LogP contribution is -2.34. The second kappa shape index (κ2) is 6.05. The van der Waals surface area contributed by atoms with Crippen molar-refractivity contribution in [2.24, 2.45) is 0 Å². The molecule has 0 radical (unpaired) electrons. The van der Waals surface area contributed by atoms with Crippen LogP contribution in [0.15, 0.2) is 48.9 Å². The molecule has 0 spiro atoms. The molecule has 0 unspecified atom stereocenters. The van der Waals surface area contributed by atoms with Crippen molar-refractivity contribution in [2.75, 3.05) is 5.32 Å². The number of amides is 3. The SMILES string of the molecule is O=C(NC(=O)c1ccc(Cl)cc1F)Nc1ccn2ccnc2c1. The molecular formula is C15H10ClFN4O2. The second-order valence-electron chi connectivity index (χ2n) is 4.64. The number of carbonyl (C=O) groups is 2. The number of nitrogens with one attached hydrogen (secondary N) is 2. The normalized spacial score (nSPS) is 10.5. The maximum Gasteiger partial charge on any atom is 0.326 e. The average molecular weight is 333 g/mol. The second-order valence-corrected chi connectivity index (χ2v) is 5.08. The first-order valence-corrected chi connectivity index (χ1v) is 6.91. The number of carbonyl (C=O) groups excluding carboxylic acids is 2. The Balaban J connectivity index is 1.69. The quantitative estimate of drug-likeness (QED) is 0.757. The Morgan fingerprint density at radius 2 is 2.00 bits per heavy atom. The molecule has 0 aliphatic heterocycles. The largest absolute Gasteiger partial charge is 0.326 e. The van der Waals surface area contributed by atoms with Crippen LogP contribution >= 0.6 is 11.6 Å². The molecule has 2 aromatic heterocycles. The van der Waals surface area contributed by atoms with Gasteiger partial charge in [-0.15, -0.1) is 0 Å². The monoisotopic (exact) mass is 332 g/mol. The summed E-state index contributed by atoms with van der Waals surface area (Å²) < 4.78 is 15.4. The van der Waals surface area contributed by atoms with Crippen LogP contribution in [0.25, 0.3) is 5.65 Å². The number of fused-ring (bicyclic) bond motifs is 1. The Labute approximate surface area is 134 Å². The van der Waals surface area contributed by atoms with Gasteiger partial charge in [-0.3, -0.25) is 10.1 Å². The third-order valence-electron chi connectivity index (χ3n) is 3.06. The van der Waals surface area contributed by atoms with Crippen LogP contribution in [0.2, 0.25) is 5.02 Å². The summed E-state index contributed by atoms with van der Waals surface area (Å²) in [6.07, 6.45) is 5.08. The molecule has 0 saturated heterocycles. The van der Waals surface area contributed by atoms with Crippen LogP contribution in [0.1, 0.15) is 10.4 Å². The van der Waals surface area contributed by atoms with Crippen molar-refractivity contribution in [1.29, 1.82) is 0 Å². The van der Waals surface area contributed by atoms with Crippen LogP contribution < -0.4 is 10.6 Å². The van der Waals surface area contributed by atoms with Crippen LogP contribution in [0.5, 0.6) is 0 Å². The highest BCUT2D eigenvalue weighted by Gasteiger charge is 2.15. The first-order valence-electron chi connectivity index (χ1n) is 6.53. The predicted molar refractivity (Wildman–Crippen MR) is 83.1 cm³/mol. The Hall–Kier alpha value is -2.93. The molecule has 2 heterocycles. The summed E-state index contributed by atoms with van der Waals surface area (Å²) in [6, 6.07) is 6.07. The van der Waals surface area contributed by atoms with Crippen molar-refractivity contribution in [3.05, 3.63) is 65.3 Å². The van der Waals surface area contributed by atoms with Crippen molar-refractivity contribution >= 4 is 34.9 Å². The highest BCUT2D eigenvalue weighted by atomic mass is 35.5. The number of rotatable bonds is 2. The number of urea groups is 1. The summed E-state index contributed by atoms with van der Waals surface area (Å²) in [4.78, 5) is 27.8. The number of anilines is 1. The summed E-state index contributed by atoms with van der Waals surface area (Å²) >= 11 is 5.61. The third kappa shape index (κ3) is 3.29. The lowest BCUT2D eigenvalue weighted by atomic mass is 10.2. The van der Waals surface area contributed by atoms with E-state index in [9.17, 15) is 14.0 Å². The van der Waals surface area contributed by atoms with E-state index in [4.69, 9.17) is 11.6 Å². The van der Waals surface area contributed by atoms with Gasteiger partial charge in [-0.25, -0.2) is 14.2 Å². The summed E-state index contributed by atoms with van der Waals surface area (Å²) in [5.74, 6) is -1.67. The van der Waals surface area contributed by atoms with Gasteiger partial charge in [0.05, 0.1) is 5.56 Å². The third-order valence-corrected chi connectivity index (χ3v) is 3.29. The van der Waals surface area contributed by atoms with Gasteiger partial charge < -0.3 is 9.72 Å². The van der Waals surface area contributed by atoms with Crippen molar-refractivity contribution in [3.63, 3.8) is 0 Å². The number of benzene rings is 1. The van der Waals surface area contributed by atoms with Crippen LogP contribution in [-0.4, -0.2) is 21.3 Å². The van der Waals surface area contributed by atoms with Crippen LogP contribution in [0, 0.1) is 5.82 Å². The van der Waals surface area contributed by atoms with Gasteiger partial charge in [0, 0.05) is 35.4 Å². The van der Waals surface area contributed by atoms with Crippen molar-refractivity contribution in [1.82, 2.24) is 14.7 Å². The van der Waals surface area contributed by atoms with Crippen LogP contribution in [0.4, 0.5) is 14.9 Å². The summed E-state index contributed by atoms with van der Waals surface area (Å²) in [5.41, 5.74) is 0.816. The van der Waals surface area contributed by atoms with Gasteiger partial charge in [-0.05, 0) is 24.3 Å². The summed E-state index contributed by atoms with van der Waals surface area (Å²) in [6.45, 7) is 0. The van der Waals surface area contributed by atoms with Crippen molar-refractivity contribution in [3.8, 4) is 0 Å². The standard InChI is InChI=1S/C15H10ClFN4O2/c16-9-1-2-11(12(17)7-9)14(22)20-15(23)19-10-3-5-21-6-4-18-13(21)8-10/h1-8H,(H2,19,20,22,23). The highest BCUT2D eigenvalue weighted by Crippen LogP contribution is 2.15. The Morgan fingerprint density at radius 3 is 2.78 bits per heavy atom. The van der Waals surface area contributed by atoms with E-state index in [-0.39, 0.29) is 10.6 Å². The first-order chi connectivity index (χ1) is 11.0. The smallest absolute Gasteiger partial charge is 0.307 e. The number of nitrogens with zero attached hydrogens (tertiary/aromatic N) is 2. The molecule has 116 valence electrons. The Morgan fingerprint density at radius 1 is 1.17 bits per heavy atom. The lowest BCUT2D eigenvalue weighted by Gasteiger charge is -2.08. The van der Waals surface area contributed by atoms with Gasteiger partial charge in [0.1, 0.15) is 11.5 Å². The van der Waals surface area contributed by atoms with E-state index >= 15 is 0 Å². The molecular weight excluding hydrogens is 323 g/mol. The highest BCUT2D eigenvalue weighted by molar-refractivity contribution is 6.30. The molecule has 3 rings (SSSR count). The van der Waals surface area contributed by atoms with E-state index in [0.717, 1.165) is 6.07 Å². The Bertz CT molecular complexity index is 909. The molecule has 3 aromatic rings. The van der Waals surface area contributed by atoms with Gasteiger partial charge in [-0.2, -0.15) is 0 Å². The van der Waals surface area contributed by atoms with Gasteiger partial charge in [0.2, 0.25) is 0 Å². The topological polar surface area (TPSA) is 75.5 Å². The van der Waals surface area contributed by atoms with E-state index in [0.29, 0.717) is 11.3 Å². The lowest BCUT2D eigenvalue weighted by molar-refractivity contribution is 0.0963. The molecule has 0 aliphatic rings. The van der Waals surface area contributed by atoms with E-state index in [1.807, 2.05) is 5.32 Å². The van der Waals surface area contributed by atoms with Gasteiger partial charge in [-0.1, -0.05) is 11.6 Å². The van der Waals surface area contributed by atoms with Crippen molar-refractivity contribution in [2.45, 2.75) is 0 Å². The molecule has 1 aromatic carbocycles. The number of halogens is 2. The zero-order chi connectivity index (χ0) is 16.4. The number of hydrogen-bond acceptors (Lipinski definition) is 3. The number of aromatic nitrogens is 2. The minimum absolute atomic E-state index is 0.163. The minimum atomic E-state index is -0.862. The number of imidazole rings is 1. The Kier molecular flexibility index (Phi) is 3.94. The molecule has 0 bridgehead atoms. The summed E-state index contributed by atoms with van der Waals surface area (Å²) in [5, 5.41) is 4.69. The molecule has 2 N–H and O–H groups in total. The van der Waals surface area contributed by atoms with Gasteiger partial charge in [0.25, 0.3) is 5.91 Å². The maximum absolute atomic E-state index is 13.6. The van der Waals surface area contributed by atoms with E-state index in [2.05, 4.69) is 10.3 Å². The predicted octanol–water partition coefficient (Wildman–Crippen LogP) is 3.09. The van der Waals surface area contributed by atoms with E-state index in [1.54, 1.807) is 35.1 Å². The number of hydrogen-bond donors (Lipinski definition) is 2. The molecule has 6 nitrogen and oxygen atoms in total. The molecule has 8 heteroatoms. The summed E-state index contributed by atoms with van der Waals surface area (Å²) in [7, 11) is 0. The average Bonchev–Trinajstić information content (AvgIpc) is 2.94. The fourth-order valence-corrected chi connectivity index (χ4v) is 2.15. The molecule has 3 amide bonds. The first kappa shape index (κ1) is 15.0. The van der Waals surface area contributed by atoms with Crippen molar-refractivity contribution < 1.29 is 14.0 Å².